The molecule has 2 N–H and O–H groups in total. The zero-order valence-electron chi connectivity index (χ0n) is 14.5. The first-order valence-electron chi connectivity index (χ1n) is 8.71. The van der Waals surface area contributed by atoms with Crippen LogP contribution in [0.5, 0.6) is 0 Å². The van der Waals surface area contributed by atoms with Crippen molar-refractivity contribution in [3.05, 3.63) is 35.5 Å². The molecule has 1 aromatic heterocycles. The smallest absolute Gasteiger partial charge is 0.193 e. The molecule has 1 aromatic carbocycles. The quantitative estimate of drug-likeness (QED) is 0.674. The fraction of sp³-hybridized carbons (Fsp3) is 0.526. The summed E-state index contributed by atoms with van der Waals surface area (Å²) in [4.78, 5) is 10.3. The third-order valence-corrected chi connectivity index (χ3v) is 4.98. The number of H-pyrrole nitrogens is 1. The molecule has 23 heavy (non-hydrogen) atoms. The maximum absolute atomic E-state index is 4.46. The van der Waals surface area contributed by atoms with Crippen molar-refractivity contribution >= 4 is 16.9 Å². The Bertz CT molecular complexity index is 678. The van der Waals surface area contributed by atoms with Gasteiger partial charge in [0.05, 0.1) is 0 Å². The van der Waals surface area contributed by atoms with E-state index in [4.69, 9.17) is 0 Å². The van der Waals surface area contributed by atoms with Crippen molar-refractivity contribution in [2.24, 2.45) is 10.9 Å². The lowest BCUT2D eigenvalue weighted by Gasteiger charge is -2.32. The van der Waals surface area contributed by atoms with Crippen LogP contribution in [-0.2, 0) is 6.42 Å². The first kappa shape index (κ1) is 15.9. The fourth-order valence-corrected chi connectivity index (χ4v) is 3.51. The van der Waals surface area contributed by atoms with Crippen LogP contribution in [0.4, 0.5) is 0 Å². The van der Waals surface area contributed by atoms with Crippen LogP contribution in [-0.4, -0.2) is 42.5 Å². The van der Waals surface area contributed by atoms with Crippen LogP contribution in [0, 0.1) is 12.8 Å². The summed E-state index contributed by atoms with van der Waals surface area (Å²) in [5.74, 6) is 1.90. The first-order chi connectivity index (χ1) is 11.2. The molecule has 0 saturated carbocycles. The molecule has 4 nitrogen and oxygen atoms in total. The molecule has 0 spiro atoms. The molecule has 1 aliphatic rings. The number of aromatic nitrogens is 1. The summed E-state index contributed by atoms with van der Waals surface area (Å²) >= 11 is 0. The van der Waals surface area contributed by atoms with Gasteiger partial charge in [-0.1, -0.05) is 25.1 Å². The minimum Gasteiger partial charge on any atom is -0.358 e. The Morgan fingerprint density at radius 1 is 1.30 bits per heavy atom. The third kappa shape index (κ3) is 3.52. The highest BCUT2D eigenvalue weighted by Crippen LogP contribution is 2.22. The fourth-order valence-electron chi connectivity index (χ4n) is 3.51. The zero-order valence-corrected chi connectivity index (χ0v) is 14.5. The summed E-state index contributed by atoms with van der Waals surface area (Å²) in [6.45, 7) is 7.66. The van der Waals surface area contributed by atoms with E-state index in [0.29, 0.717) is 0 Å². The molecule has 0 radical (unpaired) electrons. The highest BCUT2D eigenvalue weighted by molar-refractivity contribution is 5.84. The second-order valence-electron chi connectivity index (χ2n) is 6.67. The molecule has 1 saturated heterocycles. The highest BCUT2D eigenvalue weighted by Gasteiger charge is 2.18. The first-order valence-corrected chi connectivity index (χ1v) is 8.71. The molecule has 0 bridgehead atoms. The molecule has 4 heteroatoms. The number of piperidine rings is 1. The Kier molecular flexibility index (Phi) is 4.89. The van der Waals surface area contributed by atoms with Crippen molar-refractivity contribution in [2.75, 3.05) is 26.7 Å². The van der Waals surface area contributed by atoms with Gasteiger partial charge in [-0.2, -0.15) is 0 Å². The number of hydrogen-bond donors (Lipinski definition) is 2. The highest BCUT2D eigenvalue weighted by atomic mass is 15.3. The van der Waals surface area contributed by atoms with Crippen LogP contribution in [0.15, 0.2) is 29.3 Å². The number of hydrogen-bond acceptors (Lipinski definition) is 1. The summed E-state index contributed by atoms with van der Waals surface area (Å²) in [6.07, 6.45) is 3.55. The predicted molar refractivity (Wildman–Crippen MR) is 98.1 cm³/mol. The molecule has 2 aromatic rings. The van der Waals surface area contributed by atoms with Gasteiger partial charge in [-0.05, 0) is 43.7 Å². The summed E-state index contributed by atoms with van der Waals surface area (Å²) in [5, 5.41) is 4.89. The molecular weight excluding hydrogens is 284 g/mol. The second kappa shape index (κ2) is 7.07. The van der Waals surface area contributed by atoms with Gasteiger partial charge in [-0.15, -0.1) is 0 Å². The van der Waals surface area contributed by atoms with Crippen molar-refractivity contribution in [1.29, 1.82) is 0 Å². The largest absolute Gasteiger partial charge is 0.358 e. The van der Waals surface area contributed by atoms with Crippen molar-refractivity contribution in [2.45, 2.75) is 33.1 Å². The van der Waals surface area contributed by atoms with Crippen LogP contribution in [0.1, 0.15) is 31.0 Å². The lowest BCUT2D eigenvalue weighted by atomic mass is 9.99. The van der Waals surface area contributed by atoms with E-state index in [1.54, 1.807) is 0 Å². The Hall–Kier alpha value is -1.97. The average molecular weight is 312 g/mol. The van der Waals surface area contributed by atoms with E-state index in [1.807, 2.05) is 7.05 Å². The molecule has 3 rings (SSSR count). The monoisotopic (exact) mass is 312 g/mol. The van der Waals surface area contributed by atoms with E-state index in [9.17, 15) is 0 Å². The number of aromatic amines is 1. The van der Waals surface area contributed by atoms with Crippen LogP contribution < -0.4 is 5.32 Å². The Labute approximate surface area is 139 Å². The Morgan fingerprint density at radius 2 is 2.04 bits per heavy atom. The number of aryl methyl sites for hydroxylation is 1. The summed E-state index contributed by atoms with van der Waals surface area (Å²) in [7, 11) is 1.89. The number of para-hydroxylation sites is 1. The Balaban J connectivity index is 1.60. The molecule has 2 heterocycles. The molecule has 0 atom stereocenters. The minimum absolute atomic E-state index is 0.846. The predicted octanol–water partition coefficient (Wildman–Crippen LogP) is 3.33. The van der Waals surface area contributed by atoms with Crippen molar-refractivity contribution in [3.8, 4) is 0 Å². The maximum Gasteiger partial charge on any atom is 0.193 e. The molecule has 0 amide bonds. The van der Waals surface area contributed by atoms with Gasteiger partial charge in [0.1, 0.15) is 0 Å². The standard InChI is InChI=1S/C19H28N4/c1-14-9-12-23(13-10-14)19(20-3)21-11-8-16-15(2)22-18-7-5-4-6-17(16)18/h4-7,14,22H,8-13H2,1-3H3,(H,20,21). The van der Waals surface area contributed by atoms with Crippen LogP contribution >= 0.6 is 0 Å². The normalized spacial score (nSPS) is 17.0. The summed E-state index contributed by atoms with van der Waals surface area (Å²) in [6, 6.07) is 8.54. The number of likely N-dealkylation sites (tertiary alicyclic amines) is 1. The Morgan fingerprint density at radius 3 is 2.78 bits per heavy atom. The topological polar surface area (TPSA) is 43.4 Å². The van der Waals surface area contributed by atoms with Gasteiger partial charge in [0.15, 0.2) is 5.96 Å². The van der Waals surface area contributed by atoms with Gasteiger partial charge in [0.25, 0.3) is 0 Å². The SMILES string of the molecule is CN=C(NCCc1c(C)[nH]c2ccccc12)N1CCC(C)CC1. The van der Waals surface area contributed by atoms with Gasteiger partial charge >= 0.3 is 0 Å². The summed E-state index contributed by atoms with van der Waals surface area (Å²) < 4.78 is 0. The lowest BCUT2D eigenvalue weighted by molar-refractivity contribution is 0.273. The molecule has 0 aliphatic carbocycles. The second-order valence-corrected chi connectivity index (χ2v) is 6.67. The van der Waals surface area contributed by atoms with Gasteiger partial charge in [0, 0.05) is 43.3 Å². The van der Waals surface area contributed by atoms with E-state index >= 15 is 0 Å². The zero-order chi connectivity index (χ0) is 16.2. The van der Waals surface area contributed by atoms with E-state index in [1.165, 1.54) is 35.0 Å². The van der Waals surface area contributed by atoms with E-state index < -0.39 is 0 Å². The molecule has 0 unspecified atom stereocenters. The lowest BCUT2D eigenvalue weighted by Crippen LogP contribution is -2.45. The molecular formula is C19H28N4. The number of fused-ring (bicyclic) bond motifs is 1. The van der Waals surface area contributed by atoms with Crippen LogP contribution in [0.25, 0.3) is 10.9 Å². The van der Waals surface area contributed by atoms with Crippen molar-refractivity contribution < 1.29 is 0 Å². The number of guanidine groups is 1. The van der Waals surface area contributed by atoms with E-state index in [2.05, 4.69) is 58.3 Å². The van der Waals surface area contributed by atoms with Gasteiger partial charge < -0.3 is 15.2 Å². The van der Waals surface area contributed by atoms with Crippen molar-refractivity contribution in [3.63, 3.8) is 0 Å². The minimum atomic E-state index is 0.846. The van der Waals surface area contributed by atoms with Crippen molar-refractivity contribution in [1.82, 2.24) is 15.2 Å². The molecule has 1 fully saturated rings. The van der Waals surface area contributed by atoms with Gasteiger partial charge in [0.2, 0.25) is 0 Å². The number of benzene rings is 1. The third-order valence-electron chi connectivity index (χ3n) is 4.98. The number of aliphatic imine (C=N–C) groups is 1. The molecule has 1 aliphatic heterocycles. The number of nitrogens with zero attached hydrogens (tertiary/aromatic N) is 2. The van der Waals surface area contributed by atoms with Crippen LogP contribution in [0.2, 0.25) is 0 Å². The average Bonchev–Trinajstić information content (AvgIpc) is 2.88. The van der Waals surface area contributed by atoms with E-state index in [-0.39, 0.29) is 0 Å². The number of nitrogens with one attached hydrogen (secondary N) is 2. The molecule has 124 valence electrons. The van der Waals surface area contributed by atoms with E-state index in [0.717, 1.165) is 37.9 Å². The number of rotatable bonds is 3. The van der Waals surface area contributed by atoms with Gasteiger partial charge in [-0.25, -0.2) is 0 Å². The van der Waals surface area contributed by atoms with Crippen LogP contribution in [0.3, 0.4) is 0 Å². The maximum atomic E-state index is 4.46. The summed E-state index contributed by atoms with van der Waals surface area (Å²) in [5.41, 5.74) is 3.92. The van der Waals surface area contributed by atoms with Gasteiger partial charge in [-0.3, -0.25) is 4.99 Å².